The summed E-state index contributed by atoms with van der Waals surface area (Å²) in [6, 6.07) is 4.93. The molecule has 1 atom stereocenters. The minimum Gasteiger partial charge on any atom is -0.385 e. The molecule has 0 aromatic heterocycles. The van der Waals surface area contributed by atoms with Gasteiger partial charge in [0.05, 0.1) is 10.2 Å². The minimum atomic E-state index is -0.296. The van der Waals surface area contributed by atoms with Gasteiger partial charge in [0.25, 0.3) is 0 Å². The molecule has 0 saturated carbocycles. The average Bonchev–Trinajstić information content (AvgIpc) is 2.26. The van der Waals surface area contributed by atoms with E-state index in [0.717, 1.165) is 11.3 Å². The molecule has 1 aromatic carbocycles. The molecule has 1 heterocycles. The number of nitrogens with zero attached hydrogens (tertiary/aromatic N) is 2. The summed E-state index contributed by atoms with van der Waals surface area (Å²) in [5.74, 6) is 0.385. The van der Waals surface area contributed by atoms with Crippen LogP contribution in [0.15, 0.2) is 32.9 Å². The van der Waals surface area contributed by atoms with Crippen molar-refractivity contribution in [3.8, 4) is 0 Å². The van der Waals surface area contributed by atoms with Gasteiger partial charge in [0.2, 0.25) is 0 Å². The van der Waals surface area contributed by atoms with Gasteiger partial charge in [-0.1, -0.05) is 13.0 Å². The first-order valence-electron chi connectivity index (χ1n) is 4.93. The molecule has 0 fully saturated rings. The normalized spacial score (nSPS) is 20.3. The number of rotatable bonds is 1. The number of halogens is 2. The van der Waals surface area contributed by atoms with Crippen molar-refractivity contribution in [3.05, 3.63) is 34.1 Å². The molecule has 0 saturated heterocycles. The molecule has 0 aliphatic carbocycles. The van der Waals surface area contributed by atoms with Crippen LogP contribution in [-0.2, 0) is 0 Å². The van der Waals surface area contributed by atoms with Gasteiger partial charge < -0.3 is 5.73 Å². The van der Waals surface area contributed by atoms with Gasteiger partial charge in [-0.25, -0.2) is 4.39 Å². The monoisotopic (exact) mass is 283 g/mol. The molecule has 16 heavy (non-hydrogen) atoms. The van der Waals surface area contributed by atoms with Crippen LogP contribution in [0.1, 0.15) is 18.9 Å². The highest BCUT2D eigenvalue weighted by Gasteiger charge is 2.17. The van der Waals surface area contributed by atoms with Crippen LogP contribution >= 0.6 is 15.9 Å². The Morgan fingerprint density at radius 2 is 2.19 bits per heavy atom. The van der Waals surface area contributed by atoms with Gasteiger partial charge in [0.15, 0.2) is 0 Å². The lowest BCUT2D eigenvalue weighted by molar-refractivity contribution is 0.620. The first-order valence-corrected chi connectivity index (χ1v) is 5.72. The maximum absolute atomic E-state index is 13.3. The molecule has 0 radical (unpaired) electrons. The van der Waals surface area contributed by atoms with E-state index in [1.807, 2.05) is 13.0 Å². The van der Waals surface area contributed by atoms with Crippen LogP contribution in [-0.4, -0.2) is 11.5 Å². The third-order valence-electron chi connectivity index (χ3n) is 2.54. The molecule has 0 amide bonds. The largest absolute Gasteiger partial charge is 0.385 e. The van der Waals surface area contributed by atoms with Crippen LogP contribution in [0.2, 0.25) is 0 Å². The van der Waals surface area contributed by atoms with Gasteiger partial charge in [-0.3, -0.25) is 0 Å². The highest BCUT2D eigenvalue weighted by Crippen LogP contribution is 2.20. The number of hydrogen-bond acceptors (Lipinski definition) is 3. The second kappa shape index (κ2) is 4.33. The summed E-state index contributed by atoms with van der Waals surface area (Å²) in [5.41, 5.74) is 7.16. The van der Waals surface area contributed by atoms with Crippen molar-refractivity contribution < 1.29 is 4.39 Å². The molecule has 1 aliphatic rings. The van der Waals surface area contributed by atoms with E-state index in [-0.39, 0.29) is 11.7 Å². The highest BCUT2D eigenvalue weighted by atomic mass is 79.9. The summed E-state index contributed by atoms with van der Waals surface area (Å²) in [4.78, 5) is 0. The Hall–Kier alpha value is -1.23. The standard InChI is InChI=1S/C11H11BrFN3/c1-6-4-10(15-16-11(6)14)7-2-3-8(12)9(13)5-7/h2-3,5-6H,4H2,1H3,(H2,14,16). The molecular weight excluding hydrogens is 273 g/mol. The number of hydrogen-bond donors (Lipinski definition) is 1. The fraction of sp³-hybridized carbons (Fsp3) is 0.273. The van der Waals surface area contributed by atoms with E-state index in [1.165, 1.54) is 6.07 Å². The summed E-state index contributed by atoms with van der Waals surface area (Å²) < 4.78 is 13.8. The predicted octanol–water partition coefficient (Wildman–Crippen LogP) is 2.69. The lowest BCUT2D eigenvalue weighted by Gasteiger charge is -2.16. The SMILES string of the molecule is CC1CC(c2ccc(Br)c(F)c2)=NN=C1N. The van der Waals surface area contributed by atoms with Crippen LogP contribution < -0.4 is 5.73 Å². The van der Waals surface area contributed by atoms with Crippen LogP contribution in [0.25, 0.3) is 0 Å². The fourth-order valence-corrected chi connectivity index (χ4v) is 1.75. The highest BCUT2D eigenvalue weighted by molar-refractivity contribution is 9.10. The fourth-order valence-electron chi connectivity index (χ4n) is 1.50. The van der Waals surface area contributed by atoms with Crippen molar-refractivity contribution in [1.29, 1.82) is 0 Å². The third kappa shape index (κ3) is 2.14. The second-order valence-corrected chi connectivity index (χ2v) is 4.66. The molecule has 84 valence electrons. The summed E-state index contributed by atoms with van der Waals surface area (Å²) >= 11 is 3.11. The Labute approximate surface area is 101 Å². The Kier molecular flexibility index (Phi) is 3.05. The topological polar surface area (TPSA) is 50.7 Å². The Morgan fingerprint density at radius 1 is 1.44 bits per heavy atom. The van der Waals surface area contributed by atoms with E-state index in [0.29, 0.717) is 16.7 Å². The second-order valence-electron chi connectivity index (χ2n) is 3.81. The van der Waals surface area contributed by atoms with E-state index >= 15 is 0 Å². The van der Waals surface area contributed by atoms with Crippen molar-refractivity contribution in [2.75, 3.05) is 0 Å². The van der Waals surface area contributed by atoms with E-state index in [9.17, 15) is 4.39 Å². The van der Waals surface area contributed by atoms with Gasteiger partial charge in [0.1, 0.15) is 11.7 Å². The average molecular weight is 284 g/mol. The Morgan fingerprint density at radius 3 is 2.81 bits per heavy atom. The molecule has 0 bridgehead atoms. The molecule has 5 heteroatoms. The van der Waals surface area contributed by atoms with Crippen molar-refractivity contribution in [2.24, 2.45) is 21.9 Å². The van der Waals surface area contributed by atoms with Crippen LogP contribution in [0.4, 0.5) is 4.39 Å². The van der Waals surface area contributed by atoms with E-state index in [1.54, 1.807) is 6.07 Å². The molecule has 3 nitrogen and oxygen atoms in total. The minimum absolute atomic E-state index is 0.152. The van der Waals surface area contributed by atoms with Crippen molar-refractivity contribution >= 4 is 27.5 Å². The van der Waals surface area contributed by atoms with E-state index < -0.39 is 0 Å². The molecule has 1 aliphatic heterocycles. The van der Waals surface area contributed by atoms with Crippen molar-refractivity contribution in [3.63, 3.8) is 0 Å². The third-order valence-corrected chi connectivity index (χ3v) is 3.19. The number of amidine groups is 1. The maximum atomic E-state index is 13.3. The van der Waals surface area contributed by atoms with Gasteiger partial charge in [-0.2, -0.15) is 5.10 Å². The lowest BCUT2D eigenvalue weighted by atomic mass is 9.97. The molecule has 2 N–H and O–H groups in total. The summed E-state index contributed by atoms with van der Waals surface area (Å²) in [7, 11) is 0. The first-order chi connectivity index (χ1) is 7.58. The summed E-state index contributed by atoms with van der Waals surface area (Å²) in [6.45, 7) is 1.97. The molecule has 1 aromatic rings. The zero-order chi connectivity index (χ0) is 11.7. The zero-order valence-corrected chi connectivity index (χ0v) is 10.3. The molecule has 1 unspecified atom stereocenters. The van der Waals surface area contributed by atoms with E-state index in [2.05, 4.69) is 26.1 Å². The van der Waals surface area contributed by atoms with Crippen LogP contribution in [0.3, 0.4) is 0 Å². The molecule has 2 rings (SSSR count). The summed E-state index contributed by atoms with van der Waals surface area (Å²) in [6.07, 6.45) is 0.691. The van der Waals surface area contributed by atoms with Gasteiger partial charge in [0, 0.05) is 17.9 Å². The number of benzene rings is 1. The molecular formula is C11H11BrFN3. The van der Waals surface area contributed by atoms with Crippen LogP contribution in [0.5, 0.6) is 0 Å². The summed E-state index contributed by atoms with van der Waals surface area (Å²) in [5, 5.41) is 7.87. The Bertz CT molecular complexity index is 482. The number of nitrogens with two attached hydrogens (primary N) is 1. The zero-order valence-electron chi connectivity index (χ0n) is 8.74. The van der Waals surface area contributed by atoms with Crippen LogP contribution in [0, 0.1) is 11.7 Å². The van der Waals surface area contributed by atoms with Gasteiger partial charge in [-0.05, 0) is 28.1 Å². The van der Waals surface area contributed by atoms with E-state index in [4.69, 9.17) is 5.73 Å². The van der Waals surface area contributed by atoms with Crippen molar-refractivity contribution in [1.82, 2.24) is 0 Å². The van der Waals surface area contributed by atoms with Gasteiger partial charge >= 0.3 is 0 Å². The quantitative estimate of drug-likeness (QED) is 0.847. The van der Waals surface area contributed by atoms with Crippen molar-refractivity contribution in [2.45, 2.75) is 13.3 Å². The Balaban J connectivity index is 2.35. The molecule has 0 spiro atoms. The predicted molar refractivity (Wildman–Crippen MR) is 66.0 cm³/mol. The lowest BCUT2D eigenvalue weighted by Crippen LogP contribution is -2.26. The van der Waals surface area contributed by atoms with Gasteiger partial charge in [-0.15, -0.1) is 5.10 Å². The maximum Gasteiger partial charge on any atom is 0.138 e. The smallest absolute Gasteiger partial charge is 0.138 e. The first kappa shape index (κ1) is 11.3.